The van der Waals surface area contributed by atoms with Gasteiger partial charge in [-0.2, -0.15) is 0 Å². The van der Waals surface area contributed by atoms with Crippen molar-refractivity contribution >= 4 is 17.1 Å². The highest BCUT2D eigenvalue weighted by Gasteiger charge is 2.10. The van der Waals surface area contributed by atoms with E-state index in [-0.39, 0.29) is 17.3 Å². The van der Waals surface area contributed by atoms with Crippen LogP contribution in [-0.4, -0.2) is 14.4 Å². The Hall–Kier alpha value is -2.14. The SMILES string of the molecule is O=c1[nH]c(CCl)cn2c(-c3ccc(F)cc3)ncc12. The van der Waals surface area contributed by atoms with Crippen LogP contribution in [0.2, 0.25) is 0 Å². The number of aromatic amines is 1. The van der Waals surface area contributed by atoms with E-state index in [2.05, 4.69) is 9.97 Å². The minimum atomic E-state index is -0.316. The fraction of sp³-hybridized carbons (Fsp3) is 0.0769. The average molecular weight is 278 g/mol. The van der Waals surface area contributed by atoms with Gasteiger partial charge in [0.1, 0.15) is 17.2 Å². The summed E-state index contributed by atoms with van der Waals surface area (Å²) >= 11 is 5.73. The van der Waals surface area contributed by atoms with E-state index >= 15 is 0 Å². The zero-order valence-corrected chi connectivity index (χ0v) is 10.5. The fourth-order valence-electron chi connectivity index (χ4n) is 1.94. The molecule has 0 saturated heterocycles. The van der Waals surface area contributed by atoms with Gasteiger partial charge in [-0.25, -0.2) is 9.37 Å². The predicted octanol–water partition coefficient (Wildman–Crippen LogP) is 2.57. The number of nitrogens with zero attached hydrogens (tertiary/aromatic N) is 2. The summed E-state index contributed by atoms with van der Waals surface area (Å²) in [7, 11) is 0. The van der Waals surface area contributed by atoms with Crippen LogP contribution in [-0.2, 0) is 5.88 Å². The second kappa shape index (κ2) is 4.51. The molecule has 0 unspecified atom stereocenters. The standard InChI is InChI=1S/C13H9ClFN3O/c14-5-10-7-18-11(13(19)17-10)6-16-12(18)8-1-3-9(15)4-2-8/h1-4,6-7H,5H2,(H,17,19). The summed E-state index contributed by atoms with van der Waals surface area (Å²) in [5.41, 5.74) is 1.50. The molecule has 0 aliphatic rings. The van der Waals surface area contributed by atoms with Crippen LogP contribution in [0.15, 0.2) is 41.5 Å². The van der Waals surface area contributed by atoms with Gasteiger partial charge >= 0.3 is 0 Å². The van der Waals surface area contributed by atoms with Crippen LogP contribution < -0.4 is 5.56 Å². The molecule has 0 aliphatic heterocycles. The van der Waals surface area contributed by atoms with Crippen molar-refractivity contribution in [1.29, 1.82) is 0 Å². The van der Waals surface area contributed by atoms with E-state index in [1.807, 2.05) is 0 Å². The van der Waals surface area contributed by atoms with Crippen LogP contribution in [0.5, 0.6) is 0 Å². The third-order valence-corrected chi connectivity index (χ3v) is 3.12. The summed E-state index contributed by atoms with van der Waals surface area (Å²) in [6.45, 7) is 0. The topological polar surface area (TPSA) is 50.2 Å². The molecule has 96 valence electrons. The second-order valence-corrected chi connectivity index (χ2v) is 4.35. The lowest BCUT2D eigenvalue weighted by atomic mass is 10.2. The van der Waals surface area contributed by atoms with Gasteiger partial charge in [-0.15, -0.1) is 11.6 Å². The number of benzene rings is 1. The summed E-state index contributed by atoms with van der Waals surface area (Å²) in [5, 5.41) is 0. The molecule has 2 heterocycles. The summed E-state index contributed by atoms with van der Waals surface area (Å²) < 4.78 is 14.6. The normalized spacial score (nSPS) is 11.1. The molecule has 1 aromatic carbocycles. The Balaban J connectivity index is 2.27. The average Bonchev–Trinajstić information content (AvgIpc) is 2.84. The minimum Gasteiger partial charge on any atom is -0.322 e. The summed E-state index contributed by atoms with van der Waals surface area (Å²) in [6.07, 6.45) is 3.20. The molecule has 2 aromatic heterocycles. The fourth-order valence-corrected chi connectivity index (χ4v) is 2.07. The van der Waals surface area contributed by atoms with Gasteiger partial charge in [0.2, 0.25) is 0 Å². The molecule has 19 heavy (non-hydrogen) atoms. The number of fused-ring (bicyclic) bond motifs is 1. The monoisotopic (exact) mass is 277 g/mol. The molecule has 0 bridgehead atoms. The van der Waals surface area contributed by atoms with Crippen molar-refractivity contribution in [2.24, 2.45) is 0 Å². The van der Waals surface area contributed by atoms with Gasteiger partial charge in [-0.05, 0) is 24.3 Å². The first-order valence-electron chi connectivity index (χ1n) is 5.60. The maximum Gasteiger partial charge on any atom is 0.274 e. The minimum absolute atomic E-state index is 0.201. The number of hydrogen-bond acceptors (Lipinski definition) is 2. The van der Waals surface area contributed by atoms with E-state index in [1.54, 1.807) is 22.7 Å². The maximum absolute atomic E-state index is 12.9. The van der Waals surface area contributed by atoms with Crippen LogP contribution in [0.3, 0.4) is 0 Å². The van der Waals surface area contributed by atoms with Crippen LogP contribution >= 0.6 is 11.6 Å². The third-order valence-electron chi connectivity index (χ3n) is 2.83. The van der Waals surface area contributed by atoms with Gasteiger partial charge in [0, 0.05) is 17.5 Å². The van der Waals surface area contributed by atoms with Crippen molar-refractivity contribution < 1.29 is 4.39 Å². The molecule has 0 saturated carbocycles. The van der Waals surface area contributed by atoms with Crippen LogP contribution in [0.25, 0.3) is 16.9 Å². The van der Waals surface area contributed by atoms with Crippen LogP contribution in [0.1, 0.15) is 5.69 Å². The van der Waals surface area contributed by atoms with Crippen molar-refractivity contribution in [3.05, 3.63) is 58.5 Å². The predicted molar refractivity (Wildman–Crippen MR) is 70.8 cm³/mol. The van der Waals surface area contributed by atoms with Gasteiger partial charge in [0.25, 0.3) is 5.56 Å². The van der Waals surface area contributed by atoms with E-state index in [0.29, 0.717) is 17.0 Å². The molecule has 6 heteroatoms. The number of nitrogens with one attached hydrogen (secondary N) is 1. The second-order valence-electron chi connectivity index (χ2n) is 4.09. The number of aromatic nitrogens is 3. The van der Waals surface area contributed by atoms with Crippen LogP contribution in [0, 0.1) is 5.82 Å². The van der Waals surface area contributed by atoms with E-state index in [1.165, 1.54) is 18.3 Å². The highest BCUT2D eigenvalue weighted by atomic mass is 35.5. The molecule has 0 radical (unpaired) electrons. The number of rotatable bonds is 2. The lowest BCUT2D eigenvalue weighted by Crippen LogP contribution is -2.11. The Morgan fingerprint density at radius 1 is 1.32 bits per heavy atom. The molecule has 0 amide bonds. The molecule has 3 aromatic rings. The van der Waals surface area contributed by atoms with Gasteiger partial charge in [0.15, 0.2) is 0 Å². The van der Waals surface area contributed by atoms with Gasteiger partial charge in [-0.1, -0.05) is 0 Å². The Morgan fingerprint density at radius 2 is 2.05 bits per heavy atom. The van der Waals surface area contributed by atoms with E-state index < -0.39 is 0 Å². The number of H-pyrrole nitrogens is 1. The molecule has 4 nitrogen and oxygen atoms in total. The third kappa shape index (κ3) is 2.02. The molecular weight excluding hydrogens is 269 g/mol. The smallest absolute Gasteiger partial charge is 0.274 e. The number of hydrogen-bond donors (Lipinski definition) is 1. The quantitative estimate of drug-likeness (QED) is 0.732. The first kappa shape index (κ1) is 11.9. The molecule has 0 spiro atoms. The Bertz CT molecular complexity index is 792. The number of imidazole rings is 1. The summed E-state index contributed by atoms with van der Waals surface area (Å²) in [5.74, 6) is 0.461. The zero-order valence-electron chi connectivity index (χ0n) is 9.73. The van der Waals surface area contributed by atoms with Gasteiger partial charge in [0.05, 0.1) is 12.1 Å². The zero-order chi connectivity index (χ0) is 13.4. The molecule has 0 aliphatic carbocycles. The maximum atomic E-state index is 12.9. The van der Waals surface area contributed by atoms with Crippen molar-refractivity contribution in [3.8, 4) is 11.4 Å². The summed E-state index contributed by atoms with van der Waals surface area (Å²) in [6, 6.07) is 5.94. The highest BCUT2D eigenvalue weighted by Crippen LogP contribution is 2.19. The molecule has 3 rings (SSSR count). The van der Waals surface area contributed by atoms with E-state index in [9.17, 15) is 9.18 Å². The first-order valence-corrected chi connectivity index (χ1v) is 6.13. The lowest BCUT2D eigenvalue weighted by Gasteiger charge is -2.03. The van der Waals surface area contributed by atoms with Crippen LogP contribution in [0.4, 0.5) is 4.39 Å². The van der Waals surface area contributed by atoms with Crippen molar-refractivity contribution in [2.75, 3.05) is 0 Å². The van der Waals surface area contributed by atoms with Crippen molar-refractivity contribution in [3.63, 3.8) is 0 Å². The molecule has 0 fully saturated rings. The molecular formula is C13H9ClFN3O. The van der Waals surface area contributed by atoms with Crippen molar-refractivity contribution in [2.45, 2.75) is 5.88 Å². The largest absolute Gasteiger partial charge is 0.322 e. The Morgan fingerprint density at radius 3 is 2.74 bits per heavy atom. The van der Waals surface area contributed by atoms with E-state index in [0.717, 1.165) is 5.56 Å². The lowest BCUT2D eigenvalue weighted by molar-refractivity contribution is 0.628. The molecule has 1 N–H and O–H groups in total. The summed E-state index contributed by atoms with van der Waals surface area (Å²) in [4.78, 5) is 18.7. The van der Waals surface area contributed by atoms with Gasteiger partial charge < -0.3 is 4.98 Å². The highest BCUT2D eigenvalue weighted by molar-refractivity contribution is 6.16. The first-order chi connectivity index (χ1) is 9.19. The van der Waals surface area contributed by atoms with E-state index in [4.69, 9.17) is 11.6 Å². The molecule has 0 atom stereocenters. The van der Waals surface area contributed by atoms with Crippen molar-refractivity contribution in [1.82, 2.24) is 14.4 Å². The Labute approximate surface area is 112 Å². The number of halogens is 2. The van der Waals surface area contributed by atoms with Gasteiger partial charge in [-0.3, -0.25) is 9.20 Å². The Kier molecular flexibility index (Phi) is 2.83. The number of alkyl halides is 1.